The fourth-order valence-electron chi connectivity index (χ4n) is 2.25. The molecule has 1 aromatic carbocycles. The van der Waals surface area contributed by atoms with Crippen molar-refractivity contribution >= 4 is 21.6 Å². The minimum Gasteiger partial charge on any atom is -0.388 e. The standard InChI is InChI=1S/C13H19BrN2O/c1-9(15)11-4-3-10(7-12(11)14)16-6-5-13(2,17)8-16/h3-4,7,9,17H,5-6,8,15H2,1-2H3/t9-,13?/m0/s1. The second-order valence-corrected chi connectivity index (χ2v) is 6.02. The molecule has 1 unspecified atom stereocenters. The second-order valence-electron chi connectivity index (χ2n) is 5.16. The SMILES string of the molecule is C[C@H](N)c1ccc(N2CCC(C)(O)C2)cc1Br. The normalized spacial score (nSPS) is 26.3. The van der Waals surface area contributed by atoms with Crippen LogP contribution in [0.3, 0.4) is 0 Å². The van der Waals surface area contributed by atoms with Crippen molar-refractivity contribution in [1.82, 2.24) is 0 Å². The smallest absolute Gasteiger partial charge is 0.0810 e. The van der Waals surface area contributed by atoms with Crippen molar-refractivity contribution < 1.29 is 5.11 Å². The molecule has 1 aromatic rings. The first kappa shape index (κ1) is 12.9. The molecule has 0 aliphatic carbocycles. The lowest BCUT2D eigenvalue weighted by molar-refractivity contribution is 0.0839. The van der Waals surface area contributed by atoms with Gasteiger partial charge < -0.3 is 15.7 Å². The van der Waals surface area contributed by atoms with E-state index in [4.69, 9.17) is 5.73 Å². The van der Waals surface area contributed by atoms with E-state index in [0.29, 0.717) is 6.54 Å². The van der Waals surface area contributed by atoms with Gasteiger partial charge in [-0.25, -0.2) is 0 Å². The van der Waals surface area contributed by atoms with Gasteiger partial charge in [0.25, 0.3) is 0 Å². The molecule has 0 bridgehead atoms. The molecular weight excluding hydrogens is 280 g/mol. The fourth-order valence-corrected chi connectivity index (χ4v) is 2.98. The molecule has 0 radical (unpaired) electrons. The van der Waals surface area contributed by atoms with Gasteiger partial charge in [-0.15, -0.1) is 0 Å². The molecule has 4 heteroatoms. The predicted octanol–water partition coefficient (Wildman–Crippen LogP) is 2.43. The van der Waals surface area contributed by atoms with Crippen LogP contribution < -0.4 is 10.6 Å². The summed E-state index contributed by atoms with van der Waals surface area (Å²) in [7, 11) is 0. The molecule has 1 fully saturated rings. The minimum atomic E-state index is -0.563. The van der Waals surface area contributed by atoms with E-state index in [0.717, 1.165) is 28.7 Å². The minimum absolute atomic E-state index is 0.0279. The summed E-state index contributed by atoms with van der Waals surface area (Å²) in [6.45, 7) is 5.45. The molecule has 1 aliphatic heterocycles. The predicted molar refractivity (Wildman–Crippen MR) is 74.2 cm³/mol. The van der Waals surface area contributed by atoms with Gasteiger partial charge >= 0.3 is 0 Å². The molecule has 3 N–H and O–H groups in total. The topological polar surface area (TPSA) is 49.5 Å². The van der Waals surface area contributed by atoms with Gasteiger partial charge in [0.2, 0.25) is 0 Å². The van der Waals surface area contributed by atoms with Gasteiger partial charge in [0.15, 0.2) is 0 Å². The number of nitrogens with two attached hydrogens (primary N) is 1. The first-order valence-electron chi connectivity index (χ1n) is 5.91. The van der Waals surface area contributed by atoms with Crippen molar-refractivity contribution in [2.75, 3.05) is 18.0 Å². The number of halogens is 1. The Kier molecular flexibility index (Phi) is 3.48. The number of anilines is 1. The van der Waals surface area contributed by atoms with Crippen molar-refractivity contribution in [3.63, 3.8) is 0 Å². The van der Waals surface area contributed by atoms with Gasteiger partial charge in [0, 0.05) is 29.3 Å². The van der Waals surface area contributed by atoms with E-state index in [-0.39, 0.29) is 6.04 Å². The molecule has 1 heterocycles. The highest BCUT2D eigenvalue weighted by atomic mass is 79.9. The van der Waals surface area contributed by atoms with Crippen LogP contribution in [-0.4, -0.2) is 23.8 Å². The average molecular weight is 299 g/mol. The highest BCUT2D eigenvalue weighted by Gasteiger charge is 2.31. The first-order chi connectivity index (χ1) is 7.89. The molecule has 0 saturated carbocycles. The van der Waals surface area contributed by atoms with Crippen molar-refractivity contribution in [1.29, 1.82) is 0 Å². The van der Waals surface area contributed by atoms with Crippen LogP contribution in [0.4, 0.5) is 5.69 Å². The number of nitrogens with zero attached hydrogens (tertiary/aromatic N) is 1. The molecule has 2 atom stereocenters. The summed E-state index contributed by atoms with van der Waals surface area (Å²) >= 11 is 3.55. The quantitative estimate of drug-likeness (QED) is 0.882. The lowest BCUT2D eigenvalue weighted by Crippen LogP contribution is -2.29. The van der Waals surface area contributed by atoms with Crippen LogP contribution in [0.5, 0.6) is 0 Å². The van der Waals surface area contributed by atoms with E-state index >= 15 is 0 Å². The van der Waals surface area contributed by atoms with Crippen LogP contribution >= 0.6 is 15.9 Å². The van der Waals surface area contributed by atoms with Gasteiger partial charge in [-0.1, -0.05) is 22.0 Å². The van der Waals surface area contributed by atoms with E-state index < -0.39 is 5.60 Å². The summed E-state index contributed by atoms with van der Waals surface area (Å²) in [5.74, 6) is 0. The highest BCUT2D eigenvalue weighted by Crippen LogP contribution is 2.31. The van der Waals surface area contributed by atoms with Crippen molar-refractivity contribution in [3.05, 3.63) is 28.2 Å². The van der Waals surface area contributed by atoms with E-state index in [9.17, 15) is 5.11 Å². The molecule has 1 aliphatic rings. The Hall–Kier alpha value is -0.580. The third-order valence-electron chi connectivity index (χ3n) is 3.29. The van der Waals surface area contributed by atoms with E-state index in [1.807, 2.05) is 13.8 Å². The monoisotopic (exact) mass is 298 g/mol. The van der Waals surface area contributed by atoms with Crippen LogP contribution in [0.1, 0.15) is 31.9 Å². The van der Waals surface area contributed by atoms with Crippen LogP contribution in [0.15, 0.2) is 22.7 Å². The Morgan fingerprint density at radius 1 is 1.53 bits per heavy atom. The average Bonchev–Trinajstić information content (AvgIpc) is 2.58. The third-order valence-corrected chi connectivity index (χ3v) is 3.98. The number of benzene rings is 1. The molecular formula is C13H19BrN2O. The molecule has 17 heavy (non-hydrogen) atoms. The van der Waals surface area contributed by atoms with Crippen LogP contribution in [0, 0.1) is 0 Å². The van der Waals surface area contributed by atoms with Gasteiger partial charge in [0.05, 0.1) is 5.60 Å². The van der Waals surface area contributed by atoms with Crippen molar-refractivity contribution in [2.45, 2.75) is 31.9 Å². The maximum absolute atomic E-state index is 9.96. The number of aliphatic hydroxyl groups is 1. The lowest BCUT2D eigenvalue weighted by Gasteiger charge is -2.22. The maximum Gasteiger partial charge on any atom is 0.0810 e. The second kappa shape index (κ2) is 4.59. The zero-order valence-corrected chi connectivity index (χ0v) is 11.9. The van der Waals surface area contributed by atoms with Crippen LogP contribution in [-0.2, 0) is 0 Å². The van der Waals surface area contributed by atoms with E-state index in [2.05, 4.69) is 39.0 Å². The summed E-state index contributed by atoms with van der Waals surface area (Å²) in [4.78, 5) is 2.20. The summed E-state index contributed by atoms with van der Waals surface area (Å²) in [5.41, 5.74) is 7.56. The van der Waals surface area contributed by atoms with Gasteiger partial charge in [0.1, 0.15) is 0 Å². The highest BCUT2D eigenvalue weighted by molar-refractivity contribution is 9.10. The zero-order valence-electron chi connectivity index (χ0n) is 10.3. The summed E-state index contributed by atoms with van der Waals surface area (Å²) in [6.07, 6.45) is 0.819. The molecule has 0 amide bonds. The summed E-state index contributed by atoms with van der Waals surface area (Å²) in [5, 5.41) is 9.96. The molecule has 94 valence electrons. The first-order valence-corrected chi connectivity index (χ1v) is 6.71. The van der Waals surface area contributed by atoms with Gasteiger partial charge in [-0.3, -0.25) is 0 Å². The Morgan fingerprint density at radius 2 is 2.24 bits per heavy atom. The zero-order chi connectivity index (χ0) is 12.6. The Balaban J connectivity index is 2.21. The number of β-amino-alcohol motifs (C(OH)–C–C–N with tert-alkyl or cyclic N) is 1. The fraction of sp³-hybridized carbons (Fsp3) is 0.538. The molecule has 2 rings (SSSR count). The third kappa shape index (κ3) is 2.81. The van der Waals surface area contributed by atoms with Crippen molar-refractivity contribution in [2.24, 2.45) is 5.73 Å². The molecule has 1 saturated heterocycles. The Labute approximate surface area is 111 Å². The molecule has 3 nitrogen and oxygen atoms in total. The van der Waals surface area contributed by atoms with Gasteiger partial charge in [-0.05, 0) is 38.0 Å². The van der Waals surface area contributed by atoms with Crippen molar-refractivity contribution in [3.8, 4) is 0 Å². The summed E-state index contributed by atoms with van der Waals surface area (Å²) in [6, 6.07) is 6.24. The maximum atomic E-state index is 9.96. The van der Waals surface area contributed by atoms with Crippen LogP contribution in [0.2, 0.25) is 0 Å². The van der Waals surface area contributed by atoms with E-state index in [1.165, 1.54) is 0 Å². The largest absolute Gasteiger partial charge is 0.388 e. The molecule has 0 aromatic heterocycles. The Bertz CT molecular complexity index is 418. The molecule has 0 spiro atoms. The van der Waals surface area contributed by atoms with Gasteiger partial charge in [-0.2, -0.15) is 0 Å². The lowest BCUT2D eigenvalue weighted by atomic mass is 10.1. The summed E-state index contributed by atoms with van der Waals surface area (Å²) < 4.78 is 1.04. The number of rotatable bonds is 2. The van der Waals surface area contributed by atoms with E-state index in [1.54, 1.807) is 0 Å². The number of hydrogen-bond donors (Lipinski definition) is 2. The van der Waals surface area contributed by atoms with Crippen LogP contribution in [0.25, 0.3) is 0 Å². The Morgan fingerprint density at radius 3 is 2.71 bits per heavy atom. The number of hydrogen-bond acceptors (Lipinski definition) is 3.